The van der Waals surface area contributed by atoms with E-state index in [1.807, 2.05) is 48.5 Å². The van der Waals surface area contributed by atoms with Gasteiger partial charge in [0.2, 0.25) is 5.95 Å². The molecule has 0 aliphatic rings. The monoisotopic (exact) mass is 374 g/mol. The van der Waals surface area contributed by atoms with Crippen molar-refractivity contribution in [3.05, 3.63) is 72.9 Å². The Labute approximate surface area is 161 Å². The second-order valence-electron chi connectivity index (χ2n) is 6.05. The summed E-state index contributed by atoms with van der Waals surface area (Å²) in [5.74, 6) is 1.54. The van der Waals surface area contributed by atoms with Crippen LogP contribution in [0.5, 0.6) is 0 Å². The zero-order valence-electron chi connectivity index (χ0n) is 14.8. The van der Waals surface area contributed by atoms with Gasteiger partial charge in [0.1, 0.15) is 0 Å². The third-order valence-corrected chi connectivity index (χ3v) is 4.02. The largest absolute Gasteiger partial charge is 0.444 e. The molecule has 2 aromatic carbocycles. The maximum Gasteiger partial charge on any atom is 0.229 e. The number of aliphatic hydroxyl groups is 1. The van der Waals surface area contributed by atoms with Crippen molar-refractivity contribution in [3.63, 3.8) is 0 Å². The molecule has 2 heterocycles. The Morgan fingerprint density at radius 1 is 1.00 bits per heavy atom. The van der Waals surface area contributed by atoms with Gasteiger partial charge in [0.05, 0.1) is 24.7 Å². The molecule has 8 heteroatoms. The van der Waals surface area contributed by atoms with Gasteiger partial charge in [-0.25, -0.2) is 9.97 Å². The Balaban J connectivity index is 1.56. The number of hydrogen-bond acceptors (Lipinski definition) is 8. The molecular weight excluding hydrogens is 356 g/mol. The van der Waals surface area contributed by atoms with E-state index in [0.29, 0.717) is 23.2 Å². The first-order valence-corrected chi connectivity index (χ1v) is 8.56. The molecule has 0 aliphatic carbocycles. The van der Waals surface area contributed by atoms with Gasteiger partial charge in [-0.1, -0.05) is 24.3 Å². The fourth-order valence-corrected chi connectivity index (χ4v) is 2.67. The van der Waals surface area contributed by atoms with Gasteiger partial charge in [0.25, 0.3) is 0 Å². The molecule has 0 fully saturated rings. The van der Waals surface area contributed by atoms with Crippen molar-refractivity contribution in [2.45, 2.75) is 6.61 Å². The number of nitrogens with one attached hydrogen (secondary N) is 2. The molecule has 4 rings (SSSR count). The zero-order chi connectivity index (χ0) is 19.3. The van der Waals surface area contributed by atoms with Gasteiger partial charge >= 0.3 is 0 Å². The predicted molar refractivity (Wildman–Crippen MR) is 107 cm³/mol. The Morgan fingerprint density at radius 2 is 1.82 bits per heavy atom. The Kier molecular flexibility index (Phi) is 4.85. The van der Waals surface area contributed by atoms with Gasteiger partial charge in [-0.05, 0) is 29.8 Å². The van der Waals surface area contributed by atoms with Crippen LogP contribution in [0, 0.1) is 0 Å². The standard InChI is InChI=1S/C20H18N6O2/c21-17-9-23-20(26-19(17)24-15-5-1-3-13(7-15)11-27)25-16-6-2-4-14(8-16)18-10-22-12-28-18/h1-10,12,27H,11,21H2,(H2,23,24,25,26). The lowest BCUT2D eigenvalue weighted by Gasteiger charge is -2.11. The fourth-order valence-electron chi connectivity index (χ4n) is 2.67. The first kappa shape index (κ1) is 17.5. The van der Waals surface area contributed by atoms with Gasteiger partial charge in [-0.3, -0.25) is 0 Å². The van der Waals surface area contributed by atoms with E-state index in [9.17, 15) is 5.11 Å². The van der Waals surface area contributed by atoms with Gasteiger partial charge in [0.15, 0.2) is 18.0 Å². The number of hydrogen-bond donors (Lipinski definition) is 4. The Morgan fingerprint density at radius 3 is 2.61 bits per heavy atom. The lowest BCUT2D eigenvalue weighted by Crippen LogP contribution is -2.04. The molecule has 0 radical (unpaired) electrons. The predicted octanol–water partition coefficient (Wildman–Crippen LogP) is 3.69. The fraction of sp³-hybridized carbons (Fsp3) is 0.0500. The van der Waals surface area contributed by atoms with E-state index in [1.54, 1.807) is 6.20 Å². The second kappa shape index (κ2) is 7.77. The summed E-state index contributed by atoms with van der Waals surface area (Å²) in [6, 6.07) is 15.0. The summed E-state index contributed by atoms with van der Waals surface area (Å²) in [5, 5.41) is 15.6. The number of nitrogen functional groups attached to an aromatic ring is 1. The average Bonchev–Trinajstić information content (AvgIpc) is 3.26. The SMILES string of the molecule is Nc1cnc(Nc2cccc(-c3cnco3)c2)nc1Nc1cccc(CO)c1. The molecule has 4 aromatic rings. The molecule has 0 saturated carbocycles. The number of benzene rings is 2. The first-order chi connectivity index (χ1) is 13.7. The van der Waals surface area contributed by atoms with E-state index in [0.717, 1.165) is 22.5 Å². The molecule has 140 valence electrons. The van der Waals surface area contributed by atoms with E-state index in [2.05, 4.69) is 25.6 Å². The van der Waals surface area contributed by atoms with Crippen LogP contribution in [-0.4, -0.2) is 20.1 Å². The van der Waals surface area contributed by atoms with E-state index in [-0.39, 0.29) is 6.61 Å². The maximum atomic E-state index is 9.28. The molecule has 5 N–H and O–H groups in total. The zero-order valence-corrected chi connectivity index (χ0v) is 14.8. The highest BCUT2D eigenvalue weighted by molar-refractivity contribution is 5.71. The van der Waals surface area contributed by atoms with Crippen LogP contribution >= 0.6 is 0 Å². The Hall–Kier alpha value is -3.91. The molecule has 0 aliphatic heterocycles. The lowest BCUT2D eigenvalue weighted by atomic mass is 10.1. The van der Waals surface area contributed by atoms with E-state index < -0.39 is 0 Å². The van der Waals surface area contributed by atoms with E-state index in [4.69, 9.17) is 10.2 Å². The number of oxazole rings is 1. The average molecular weight is 374 g/mol. The summed E-state index contributed by atoms with van der Waals surface area (Å²) in [7, 11) is 0. The Bertz CT molecular complexity index is 1080. The van der Waals surface area contributed by atoms with Crippen LogP contribution in [-0.2, 0) is 6.61 Å². The smallest absolute Gasteiger partial charge is 0.229 e. The minimum Gasteiger partial charge on any atom is -0.444 e. The third-order valence-electron chi connectivity index (χ3n) is 4.02. The second-order valence-corrected chi connectivity index (χ2v) is 6.05. The van der Waals surface area contributed by atoms with Crippen molar-refractivity contribution in [1.82, 2.24) is 15.0 Å². The molecule has 0 saturated heterocycles. The van der Waals surface area contributed by atoms with Crippen LogP contribution in [0.15, 0.2) is 71.7 Å². The number of aromatic nitrogens is 3. The lowest BCUT2D eigenvalue weighted by molar-refractivity contribution is 0.282. The molecule has 0 amide bonds. The van der Waals surface area contributed by atoms with Gasteiger partial charge in [-0.2, -0.15) is 4.98 Å². The summed E-state index contributed by atoms with van der Waals surface area (Å²) < 4.78 is 5.33. The van der Waals surface area contributed by atoms with Gasteiger partial charge < -0.3 is 25.9 Å². The number of anilines is 5. The molecule has 0 atom stereocenters. The summed E-state index contributed by atoms with van der Waals surface area (Å²) in [4.78, 5) is 12.6. The molecule has 8 nitrogen and oxygen atoms in total. The highest BCUT2D eigenvalue weighted by Gasteiger charge is 2.08. The van der Waals surface area contributed by atoms with Crippen molar-refractivity contribution < 1.29 is 9.52 Å². The first-order valence-electron chi connectivity index (χ1n) is 8.56. The molecule has 28 heavy (non-hydrogen) atoms. The van der Waals surface area contributed by atoms with Crippen LogP contribution in [0.1, 0.15) is 5.56 Å². The van der Waals surface area contributed by atoms with E-state index in [1.165, 1.54) is 12.6 Å². The molecule has 0 bridgehead atoms. The van der Waals surface area contributed by atoms with Crippen LogP contribution in [0.4, 0.5) is 28.8 Å². The summed E-state index contributed by atoms with van der Waals surface area (Å²) >= 11 is 0. The molecule has 2 aromatic heterocycles. The summed E-state index contributed by atoms with van der Waals surface area (Å²) in [6.07, 6.45) is 4.58. The van der Waals surface area contributed by atoms with Crippen molar-refractivity contribution in [2.75, 3.05) is 16.4 Å². The number of aliphatic hydroxyl groups excluding tert-OH is 1. The summed E-state index contributed by atoms with van der Waals surface area (Å²) in [6.45, 7) is -0.0386. The van der Waals surface area contributed by atoms with Crippen LogP contribution in [0.3, 0.4) is 0 Å². The maximum absolute atomic E-state index is 9.28. The van der Waals surface area contributed by atoms with Crippen molar-refractivity contribution in [1.29, 1.82) is 0 Å². The minimum atomic E-state index is -0.0386. The number of rotatable bonds is 6. The molecule has 0 spiro atoms. The number of nitrogens with zero attached hydrogens (tertiary/aromatic N) is 3. The van der Waals surface area contributed by atoms with Crippen molar-refractivity contribution >= 4 is 28.8 Å². The quantitative estimate of drug-likeness (QED) is 0.403. The van der Waals surface area contributed by atoms with Crippen LogP contribution in [0.25, 0.3) is 11.3 Å². The minimum absolute atomic E-state index is 0.0386. The number of nitrogens with two attached hydrogens (primary N) is 1. The van der Waals surface area contributed by atoms with Gasteiger partial charge in [-0.15, -0.1) is 0 Å². The highest BCUT2D eigenvalue weighted by atomic mass is 16.3. The van der Waals surface area contributed by atoms with Crippen LogP contribution < -0.4 is 16.4 Å². The van der Waals surface area contributed by atoms with E-state index >= 15 is 0 Å². The third kappa shape index (κ3) is 3.92. The van der Waals surface area contributed by atoms with Crippen molar-refractivity contribution in [3.8, 4) is 11.3 Å². The molecule has 0 unspecified atom stereocenters. The molecular formula is C20H18N6O2. The highest BCUT2D eigenvalue weighted by Crippen LogP contribution is 2.26. The van der Waals surface area contributed by atoms with Crippen molar-refractivity contribution in [2.24, 2.45) is 0 Å². The van der Waals surface area contributed by atoms with Gasteiger partial charge in [0, 0.05) is 16.9 Å². The topological polar surface area (TPSA) is 122 Å². The van der Waals surface area contributed by atoms with Crippen LogP contribution in [0.2, 0.25) is 0 Å². The normalized spacial score (nSPS) is 10.6. The summed E-state index contributed by atoms with van der Waals surface area (Å²) in [5.41, 5.74) is 9.67.